The number of ether oxygens (including phenoxy) is 1. The van der Waals surface area contributed by atoms with Crippen LogP contribution in [-0.4, -0.2) is 80.3 Å². The summed E-state index contributed by atoms with van der Waals surface area (Å²) in [6.07, 6.45) is -0.187. The van der Waals surface area contributed by atoms with Gasteiger partial charge in [0.2, 0.25) is 0 Å². The molecule has 17 heavy (non-hydrogen) atoms. The van der Waals surface area contributed by atoms with Crippen molar-refractivity contribution in [3.05, 3.63) is 0 Å². The molecule has 0 unspecified atom stereocenters. The molecule has 0 spiro atoms. The Balaban J connectivity index is 2.35. The lowest BCUT2D eigenvalue weighted by molar-refractivity contribution is 0.0391. The monoisotopic (exact) mass is 243 g/mol. The van der Waals surface area contributed by atoms with Crippen LogP contribution in [0.15, 0.2) is 0 Å². The van der Waals surface area contributed by atoms with Crippen molar-refractivity contribution in [1.82, 2.24) is 14.7 Å². The van der Waals surface area contributed by atoms with Gasteiger partial charge in [0.25, 0.3) is 0 Å². The molecule has 0 atom stereocenters. The van der Waals surface area contributed by atoms with Gasteiger partial charge < -0.3 is 19.4 Å². The first-order valence-corrected chi connectivity index (χ1v) is 6.10. The van der Waals surface area contributed by atoms with E-state index in [-0.39, 0.29) is 11.6 Å². The van der Waals surface area contributed by atoms with Gasteiger partial charge in [-0.25, -0.2) is 4.79 Å². The third-order valence-corrected chi connectivity index (χ3v) is 3.52. The van der Waals surface area contributed by atoms with Crippen LogP contribution in [0.2, 0.25) is 0 Å². The zero-order valence-corrected chi connectivity index (χ0v) is 11.7. The van der Waals surface area contributed by atoms with Crippen molar-refractivity contribution in [2.75, 3.05) is 53.9 Å². The van der Waals surface area contributed by atoms with Crippen molar-refractivity contribution < 1.29 is 9.53 Å². The first kappa shape index (κ1) is 14.3. The Kier molecular flexibility index (Phi) is 4.77. The van der Waals surface area contributed by atoms with Gasteiger partial charge in [0.15, 0.2) is 0 Å². The van der Waals surface area contributed by atoms with Crippen molar-refractivity contribution in [3.63, 3.8) is 0 Å². The number of carbonyl (C=O) groups excluding carboxylic acids is 1. The highest BCUT2D eigenvalue weighted by molar-refractivity contribution is 5.67. The quantitative estimate of drug-likeness (QED) is 0.731. The number of hydrogen-bond acceptors (Lipinski definition) is 4. The molecule has 100 valence electrons. The van der Waals surface area contributed by atoms with Gasteiger partial charge in [0, 0.05) is 31.7 Å². The molecule has 0 aromatic carbocycles. The summed E-state index contributed by atoms with van der Waals surface area (Å²) in [5.74, 6) is 0. The van der Waals surface area contributed by atoms with Gasteiger partial charge >= 0.3 is 6.09 Å². The van der Waals surface area contributed by atoms with Crippen LogP contribution >= 0.6 is 0 Å². The number of carbonyl (C=O) groups is 1. The normalized spacial score (nSPS) is 18.6. The third kappa shape index (κ3) is 4.16. The van der Waals surface area contributed by atoms with Crippen molar-refractivity contribution in [2.45, 2.75) is 19.4 Å². The molecule has 1 amide bonds. The van der Waals surface area contributed by atoms with Gasteiger partial charge in [-0.05, 0) is 35.0 Å². The first-order chi connectivity index (χ1) is 7.83. The highest BCUT2D eigenvalue weighted by Gasteiger charge is 2.25. The third-order valence-electron chi connectivity index (χ3n) is 3.52. The number of hydrogen-bond donors (Lipinski definition) is 0. The zero-order chi connectivity index (χ0) is 13.1. The lowest BCUT2D eigenvalue weighted by atomic mass is 10.1. The summed E-state index contributed by atoms with van der Waals surface area (Å²) < 4.78 is 5.37. The van der Waals surface area contributed by atoms with Gasteiger partial charge in [0.05, 0.1) is 0 Å². The van der Waals surface area contributed by atoms with Crippen molar-refractivity contribution in [3.8, 4) is 0 Å². The first-order valence-electron chi connectivity index (χ1n) is 6.10. The molecule has 1 fully saturated rings. The Bertz CT molecular complexity index is 258. The second-order valence-corrected chi connectivity index (χ2v) is 5.55. The predicted octanol–water partition coefficient (Wildman–Crippen LogP) is 0.711. The molecule has 0 aromatic heterocycles. The van der Waals surface area contributed by atoms with E-state index in [1.807, 2.05) is 14.1 Å². The van der Waals surface area contributed by atoms with E-state index < -0.39 is 0 Å². The lowest BCUT2D eigenvalue weighted by Gasteiger charge is -2.35. The molecule has 0 bridgehead atoms. The Hall–Kier alpha value is -0.810. The van der Waals surface area contributed by atoms with Crippen LogP contribution in [0.4, 0.5) is 4.79 Å². The zero-order valence-electron chi connectivity index (χ0n) is 11.7. The summed E-state index contributed by atoms with van der Waals surface area (Å²) >= 11 is 0. The summed E-state index contributed by atoms with van der Waals surface area (Å²) in [6.45, 7) is 7.91. The van der Waals surface area contributed by atoms with E-state index in [1.165, 1.54) is 0 Å². The minimum Gasteiger partial charge on any atom is -0.447 e. The fraction of sp³-hybridized carbons (Fsp3) is 0.917. The number of nitrogens with zero attached hydrogens (tertiary/aromatic N) is 3. The van der Waals surface area contributed by atoms with Crippen molar-refractivity contribution in [1.29, 1.82) is 0 Å². The van der Waals surface area contributed by atoms with Crippen LogP contribution in [0.3, 0.4) is 0 Å². The van der Waals surface area contributed by atoms with Gasteiger partial charge in [-0.1, -0.05) is 0 Å². The standard InChI is InChI=1S/C12H25N3O2/c1-12(2,13(3)4)10-17-11(16)15-8-6-14(5)7-9-15/h6-10H2,1-5H3. The molecule has 0 N–H and O–H groups in total. The molecule has 5 nitrogen and oxygen atoms in total. The van der Waals surface area contributed by atoms with Crippen molar-refractivity contribution in [2.24, 2.45) is 0 Å². The molecular formula is C12H25N3O2. The van der Waals surface area contributed by atoms with Gasteiger partial charge in [-0.2, -0.15) is 0 Å². The summed E-state index contributed by atoms with van der Waals surface area (Å²) in [5.41, 5.74) is -0.123. The highest BCUT2D eigenvalue weighted by Crippen LogP contribution is 2.11. The Morgan fingerprint density at radius 3 is 2.24 bits per heavy atom. The highest BCUT2D eigenvalue weighted by atomic mass is 16.6. The molecule has 1 rings (SSSR count). The molecule has 5 heteroatoms. The number of amides is 1. The fourth-order valence-electron chi connectivity index (χ4n) is 1.45. The van der Waals surface area contributed by atoms with E-state index in [2.05, 4.69) is 30.7 Å². The Morgan fingerprint density at radius 2 is 1.76 bits per heavy atom. The van der Waals surface area contributed by atoms with Crippen LogP contribution in [0.5, 0.6) is 0 Å². The number of rotatable bonds is 3. The second kappa shape index (κ2) is 5.69. The summed E-state index contributed by atoms with van der Waals surface area (Å²) in [4.78, 5) is 17.9. The summed E-state index contributed by atoms with van der Waals surface area (Å²) in [7, 11) is 6.05. The Morgan fingerprint density at radius 1 is 1.24 bits per heavy atom. The van der Waals surface area contributed by atoms with Gasteiger partial charge in [-0.3, -0.25) is 0 Å². The lowest BCUT2D eigenvalue weighted by Crippen LogP contribution is -2.49. The van der Waals surface area contributed by atoms with E-state index in [0.717, 1.165) is 26.2 Å². The van der Waals surface area contributed by atoms with Crippen LogP contribution in [0, 0.1) is 0 Å². The van der Waals surface area contributed by atoms with Crippen LogP contribution < -0.4 is 0 Å². The maximum atomic E-state index is 11.8. The van der Waals surface area contributed by atoms with E-state index >= 15 is 0 Å². The van der Waals surface area contributed by atoms with Crippen LogP contribution in [-0.2, 0) is 4.74 Å². The van der Waals surface area contributed by atoms with Crippen molar-refractivity contribution >= 4 is 6.09 Å². The predicted molar refractivity (Wildman–Crippen MR) is 68.2 cm³/mol. The molecule has 0 radical (unpaired) electrons. The molecular weight excluding hydrogens is 218 g/mol. The number of likely N-dealkylation sites (N-methyl/N-ethyl adjacent to an activating group) is 2. The van der Waals surface area contributed by atoms with E-state index in [0.29, 0.717) is 6.61 Å². The maximum Gasteiger partial charge on any atom is 0.409 e. The van der Waals surface area contributed by atoms with Crippen LogP contribution in [0.25, 0.3) is 0 Å². The summed E-state index contributed by atoms with van der Waals surface area (Å²) in [5, 5.41) is 0. The average molecular weight is 243 g/mol. The van der Waals surface area contributed by atoms with E-state index in [9.17, 15) is 4.79 Å². The minimum atomic E-state index is -0.187. The molecule has 1 aliphatic rings. The van der Waals surface area contributed by atoms with Gasteiger partial charge in [-0.15, -0.1) is 0 Å². The van der Waals surface area contributed by atoms with E-state index in [1.54, 1.807) is 4.90 Å². The molecule has 0 aliphatic carbocycles. The molecule has 0 saturated carbocycles. The summed E-state index contributed by atoms with van der Waals surface area (Å²) in [6, 6.07) is 0. The smallest absolute Gasteiger partial charge is 0.409 e. The topological polar surface area (TPSA) is 36.0 Å². The Labute approximate surface area is 104 Å². The second-order valence-electron chi connectivity index (χ2n) is 5.55. The molecule has 0 aromatic rings. The number of piperazine rings is 1. The van der Waals surface area contributed by atoms with E-state index in [4.69, 9.17) is 4.74 Å². The molecule has 1 aliphatic heterocycles. The van der Waals surface area contributed by atoms with Gasteiger partial charge in [0.1, 0.15) is 6.61 Å². The fourth-order valence-corrected chi connectivity index (χ4v) is 1.45. The average Bonchev–Trinajstić information content (AvgIpc) is 2.27. The van der Waals surface area contributed by atoms with Crippen LogP contribution in [0.1, 0.15) is 13.8 Å². The largest absolute Gasteiger partial charge is 0.447 e. The SMILES string of the molecule is CN1CCN(C(=O)OCC(C)(C)N(C)C)CC1. The minimum absolute atomic E-state index is 0.123. The molecule has 1 saturated heterocycles. The molecule has 1 heterocycles. The maximum absolute atomic E-state index is 11.8.